The molecule has 0 aliphatic carbocycles. The number of piperidine rings is 1. The van der Waals surface area contributed by atoms with E-state index in [1.54, 1.807) is 4.90 Å². The third-order valence-corrected chi connectivity index (χ3v) is 10.4. The van der Waals surface area contributed by atoms with Crippen LogP contribution < -0.4 is 14.8 Å². The average molecular weight is 585 g/mol. The SMILES string of the molecule is CNCC(OCOCC[Si](C)(C)C)[C@@]1(c2ccc3c(c2)OCO3)CC[C@@]2(C)O[C@@H](c3ccccc3)[C@H](CO)N2C1=O. The molecule has 2 N–H and O–H groups in total. The molecule has 224 valence electrons. The number of hydrogen-bond acceptors (Lipinski definition) is 8. The Morgan fingerprint density at radius 1 is 1.12 bits per heavy atom. The zero-order chi connectivity index (χ0) is 29.3. The van der Waals surface area contributed by atoms with Crippen molar-refractivity contribution in [1.29, 1.82) is 0 Å². The maximum absolute atomic E-state index is 15.0. The predicted octanol–water partition coefficient (Wildman–Crippen LogP) is 4.04. The third-order valence-electron chi connectivity index (χ3n) is 8.65. The molecular formula is C31H44N2O7Si. The van der Waals surface area contributed by atoms with Crippen LogP contribution in [0.3, 0.4) is 0 Å². The monoisotopic (exact) mass is 584 g/mol. The first-order valence-corrected chi connectivity index (χ1v) is 18.3. The molecule has 9 nitrogen and oxygen atoms in total. The number of benzene rings is 2. The fraction of sp³-hybridized carbons (Fsp3) is 0.581. The van der Waals surface area contributed by atoms with Gasteiger partial charge in [0, 0.05) is 21.2 Å². The van der Waals surface area contributed by atoms with Gasteiger partial charge in [-0.15, -0.1) is 0 Å². The van der Waals surface area contributed by atoms with Gasteiger partial charge in [-0.05, 0) is 56.1 Å². The average Bonchev–Trinajstić information content (AvgIpc) is 3.54. The minimum absolute atomic E-state index is 0.0836. The van der Waals surface area contributed by atoms with Crippen molar-refractivity contribution in [1.82, 2.24) is 10.2 Å². The van der Waals surface area contributed by atoms with Gasteiger partial charge in [0.15, 0.2) is 11.5 Å². The summed E-state index contributed by atoms with van der Waals surface area (Å²) in [5, 5.41) is 13.9. The molecule has 2 aromatic rings. The number of carbonyl (C=O) groups is 1. The lowest BCUT2D eigenvalue weighted by Crippen LogP contribution is -2.66. The zero-order valence-electron chi connectivity index (χ0n) is 24.9. The number of carbonyl (C=O) groups excluding carboxylic acids is 1. The van der Waals surface area contributed by atoms with Crippen molar-refractivity contribution < 1.29 is 33.6 Å². The number of hydrogen-bond donors (Lipinski definition) is 2. The Balaban J connectivity index is 1.52. The number of likely N-dealkylation sites (N-methyl/N-ethyl adjacent to an activating group) is 1. The number of aliphatic hydroxyl groups is 1. The quantitative estimate of drug-likeness (QED) is 0.219. The summed E-state index contributed by atoms with van der Waals surface area (Å²) in [7, 11) is 0.598. The van der Waals surface area contributed by atoms with E-state index in [1.807, 2.05) is 62.5 Å². The summed E-state index contributed by atoms with van der Waals surface area (Å²) in [5.41, 5.74) is -0.227. The number of fused-ring (bicyclic) bond motifs is 2. The van der Waals surface area contributed by atoms with Gasteiger partial charge in [-0.2, -0.15) is 0 Å². The van der Waals surface area contributed by atoms with E-state index in [0.717, 1.165) is 17.2 Å². The van der Waals surface area contributed by atoms with Crippen LogP contribution in [-0.4, -0.2) is 82.3 Å². The summed E-state index contributed by atoms with van der Waals surface area (Å²) < 4.78 is 30.3. The van der Waals surface area contributed by atoms with E-state index in [1.165, 1.54) is 0 Å². The van der Waals surface area contributed by atoms with Gasteiger partial charge < -0.3 is 39.0 Å². The fourth-order valence-electron chi connectivity index (χ4n) is 6.36. The first kappa shape index (κ1) is 30.0. The van der Waals surface area contributed by atoms with Crippen molar-refractivity contribution >= 4 is 14.0 Å². The Morgan fingerprint density at radius 3 is 2.59 bits per heavy atom. The maximum atomic E-state index is 15.0. The van der Waals surface area contributed by atoms with E-state index in [2.05, 4.69) is 25.0 Å². The molecule has 1 amide bonds. The summed E-state index contributed by atoms with van der Waals surface area (Å²) in [5.74, 6) is 1.13. The maximum Gasteiger partial charge on any atom is 0.238 e. The molecule has 1 unspecified atom stereocenters. The molecule has 5 rings (SSSR count). The van der Waals surface area contributed by atoms with E-state index in [4.69, 9.17) is 23.7 Å². The molecule has 0 bridgehead atoms. The van der Waals surface area contributed by atoms with E-state index >= 15 is 4.79 Å². The van der Waals surface area contributed by atoms with Crippen LogP contribution >= 0.6 is 0 Å². The number of nitrogens with zero attached hydrogens (tertiary/aromatic N) is 1. The molecule has 41 heavy (non-hydrogen) atoms. The summed E-state index contributed by atoms with van der Waals surface area (Å²) in [6.45, 7) is 9.93. The molecule has 5 atom stereocenters. The van der Waals surface area contributed by atoms with Gasteiger partial charge in [0.1, 0.15) is 24.0 Å². The first-order valence-electron chi connectivity index (χ1n) is 14.5. The van der Waals surface area contributed by atoms with Crippen LogP contribution in [0.4, 0.5) is 0 Å². The van der Waals surface area contributed by atoms with Gasteiger partial charge in [-0.3, -0.25) is 4.79 Å². The molecular weight excluding hydrogens is 540 g/mol. The number of ether oxygens (including phenoxy) is 5. The molecule has 2 saturated heterocycles. The van der Waals surface area contributed by atoms with Crippen LogP contribution in [0.5, 0.6) is 11.5 Å². The van der Waals surface area contributed by atoms with E-state index < -0.39 is 37.5 Å². The summed E-state index contributed by atoms with van der Waals surface area (Å²) in [4.78, 5) is 16.8. The highest BCUT2D eigenvalue weighted by molar-refractivity contribution is 6.76. The Bertz CT molecular complexity index is 1210. The van der Waals surface area contributed by atoms with Crippen molar-refractivity contribution in [2.45, 2.75) is 74.8 Å². The Kier molecular flexibility index (Phi) is 8.80. The smallest absolute Gasteiger partial charge is 0.238 e. The molecule has 10 heteroatoms. The molecule has 0 aromatic heterocycles. The van der Waals surface area contributed by atoms with Gasteiger partial charge in [0.2, 0.25) is 12.7 Å². The van der Waals surface area contributed by atoms with Crippen LogP contribution in [-0.2, 0) is 24.4 Å². The number of amides is 1. The van der Waals surface area contributed by atoms with Crippen LogP contribution in [0.25, 0.3) is 0 Å². The van der Waals surface area contributed by atoms with Gasteiger partial charge in [0.25, 0.3) is 0 Å². The zero-order valence-corrected chi connectivity index (χ0v) is 25.9. The highest BCUT2D eigenvalue weighted by atomic mass is 28.3. The molecule has 3 aliphatic rings. The van der Waals surface area contributed by atoms with Crippen LogP contribution in [0, 0.1) is 0 Å². The summed E-state index contributed by atoms with van der Waals surface area (Å²) in [6, 6.07) is 16.0. The van der Waals surface area contributed by atoms with Crippen LogP contribution in [0.15, 0.2) is 48.5 Å². The Labute approximate surface area is 244 Å². The number of nitrogens with one attached hydrogen (secondary N) is 1. The predicted molar refractivity (Wildman–Crippen MR) is 158 cm³/mol. The van der Waals surface area contributed by atoms with Crippen molar-refractivity contribution in [3.63, 3.8) is 0 Å². The van der Waals surface area contributed by atoms with Gasteiger partial charge in [0.05, 0.1) is 18.8 Å². The third kappa shape index (κ3) is 5.78. The van der Waals surface area contributed by atoms with E-state index in [-0.39, 0.29) is 26.1 Å². The lowest BCUT2D eigenvalue weighted by Gasteiger charge is -2.51. The normalized spacial score (nSPS) is 28.1. The molecule has 0 spiro atoms. The second-order valence-corrected chi connectivity index (χ2v) is 18.3. The topological polar surface area (TPSA) is 98.7 Å². The van der Waals surface area contributed by atoms with Crippen LogP contribution in [0.2, 0.25) is 25.7 Å². The molecule has 3 heterocycles. The fourth-order valence-corrected chi connectivity index (χ4v) is 7.11. The lowest BCUT2D eigenvalue weighted by atomic mass is 9.67. The summed E-state index contributed by atoms with van der Waals surface area (Å²) in [6.07, 6.45) is 0.0510. The van der Waals surface area contributed by atoms with Gasteiger partial charge in [-0.1, -0.05) is 56.0 Å². The molecule has 2 fully saturated rings. The highest BCUT2D eigenvalue weighted by Gasteiger charge is 2.63. The van der Waals surface area contributed by atoms with Crippen molar-refractivity contribution in [2.75, 3.05) is 40.4 Å². The van der Waals surface area contributed by atoms with Crippen LogP contribution in [0.1, 0.15) is 37.0 Å². The molecule has 0 saturated carbocycles. The lowest BCUT2D eigenvalue weighted by molar-refractivity contribution is -0.185. The molecule has 3 aliphatic heterocycles. The minimum Gasteiger partial charge on any atom is -0.454 e. The standard InChI is InChI=1S/C31H44N2O7Si/c1-30-13-14-31(23-11-12-25-26(17-23)38-21-37-25,27(18-32-2)39-20-36-15-16-41(3,4)5)29(35)33(30)24(19-34)28(40-30)22-9-7-6-8-10-22/h6-12,17,24,27-28,32,34H,13-16,18-21H2,1-5H3/t24-,27?,28-,30+,31-/m0/s1. The Morgan fingerprint density at radius 2 is 1.88 bits per heavy atom. The van der Waals surface area contributed by atoms with Gasteiger partial charge in [-0.25, -0.2) is 0 Å². The van der Waals surface area contributed by atoms with Gasteiger partial charge >= 0.3 is 0 Å². The number of aliphatic hydroxyl groups excluding tert-OH is 1. The number of rotatable bonds is 12. The minimum atomic E-state index is -1.26. The first-order chi connectivity index (χ1) is 19.6. The second kappa shape index (κ2) is 12.0. The molecule has 0 radical (unpaired) electrons. The van der Waals surface area contributed by atoms with E-state index in [9.17, 15) is 5.11 Å². The van der Waals surface area contributed by atoms with Crippen molar-refractivity contribution in [2.24, 2.45) is 0 Å². The van der Waals surface area contributed by atoms with Crippen molar-refractivity contribution in [3.05, 3.63) is 59.7 Å². The highest BCUT2D eigenvalue weighted by Crippen LogP contribution is 2.53. The second-order valence-electron chi connectivity index (χ2n) is 12.6. The van der Waals surface area contributed by atoms with Crippen molar-refractivity contribution in [3.8, 4) is 11.5 Å². The summed E-state index contributed by atoms with van der Waals surface area (Å²) >= 11 is 0. The van der Waals surface area contributed by atoms with E-state index in [0.29, 0.717) is 37.5 Å². The Hall–Kier alpha value is -2.47. The molecule has 2 aromatic carbocycles. The largest absolute Gasteiger partial charge is 0.454 e.